The number of amides is 1. The molecular formula is C29H29N3O4S. The summed E-state index contributed by atoms with van der Waals surface area (Å²) in [5.41, 5.74) is 6.43. The van der Waals surface area contributed by atoms with Crippen molar-refractivity contribution in [2.45, 2.75) is 27.2 Å². The Bertz CT molecular complexity index is 1380. The first kappa shape index (κ1) is 26.2. The smallest absolute Gasteiger partial charge is 0.340 e. The van der Waals surface area contributed by atoms with E-state index < -0.39 is 5.97 Å². The molecule has 7 nitrogen and oxygen atoms in total. The highest BCUT2D eigenvalue weighted by Gasteiger charge is 2.19. The molecule has 0 saturated carbocycles. The second-order valence-corrected chi connectivity index (χ2v) is 9.55. The van der Waals surface area contributed by atoms with Crippen LogP contribution in [0.3, 0.4) is 0 Å². The highest BCUT2D eigenvalue weighted by atomic mass is 32.2. The quantitative estimate of drug-likeness (QED) is 0.367. The van der Waals surface area contributed by atoms with Crippen LogP contribution in [0.15, 0.2) is 70.6 Å². The second kappa shape index (κ2) is 11.9. The molecule has 0 radical (unpaired) electrons. The largest absolute Gasteiger partial charge is 0.497 e. The van der Waals surface area contributed by atoms with Gasteiger partial charge in [-0.3, -0.25) is 9.79 Å². The van der Waals surface area contributed by atoms with Crippen molar-refractivity contribution in [3.8, 4) is 5.75 Å². The predicted octanol–water partition coefficient (Wildman–Crippen LogP) is 6.42. The van der Waals surface area contributed by atoms with Crippen LogP contribution in [0.4, 0.5) is 17.1 Å². The Kier molecular flexibility index (Phi) is 8.40. The number of hydrogen-bond acceptors (Lipinski definition) is 7. The molecule has 4 rings (SSSR count). The number of esters is 1. The fourth-order valence-corrected chi connectivity index (χ4v) is 4.59. The SMILES string of the molecule is CCOC(=O)c1ccccc1NC(=O)CSC1=Nc2cc(C)c(C)cc2N=C(c2ccc(OC)cc2)C1. The number of carbonyl (C=O) groups excluding carboxylic acids is 2. The van der Waals surface area contributed by atoms with E-state index in [0.29, 0.717) is 17.7 Å². The summed E-state index contributed by atoms with van der Waals surface area (Å²) in [4.78, 5) is 35.0. The van der Waals surface area contributed by atoms with Gasteiger partial charge in [-0.1, -0.05) is 12.1 Å². The average molecular weight is 516 g/mol. The molecule has 0 fully saturated rings. The summed E-state index contributed by atoms with van der Waals surface area (Å²) < 4.78 is 10.4. The zero-order valence-electron chi connectivity index (χ0n) is 21.3. The monoisotopic (exact) mass is 515 g/mol. The molecule has 1 amide bonds. The van der Waals surface area contributed by atoms with Gasteiger partial charge in [-0.25, -0.2) is 9.79 Å². The molecule has 0 spiro atoms. The van der Waals surface area contributed by atoms with Crippen LogP contribution in [-0.4, -0.2) is 42.1 Å². The lowest BCUT2D eigenvalue weighted by atomic mass is 10.1. The number of aryl methyl sites for hydroxylation is 2. The minimum Gasteiger partial charge on any atom is -0.497 e. The van der Waals surface area contributed by atoms with E-state index in [1.165, 1.54) is 11.8 Å². The first-order valence-corrected chi connectivity index (χ1v) is 13.0. The molecule has 3 aromatic carbocycles. The Hall–Kier alpha value is -3.91. The van der Waals surface area contributed by atoms with E-state index in [0.717, 1.165) is 44.6 Å². The van der Waals surface area contributed by atoms with Crippen molar-refractivity contribution in [1.82, 2.24) is 0 Å². The molecule has 1 aliphatic heterocycles. The van der Waals surface area contributed by atoms with Crippen molar-refractivity contribution in [2.75, 3.05) is 24.8 Å². The summed E-state index contributed by atoms with van der Waals surface area (Å²) >= 11 is 1.36. The molecule has 8 heteroatoms. The standard InChI is InChI=1S/C29H29N3O4S/c1-5-36-29(34)22-8-6-7-9-23(22)31-27(33)17-37-28-16-24(20-10-12-21(35-4)13-11-20)30-25-14-18(2)19(3)15-26(25)32-28/h6-15H,5,16-17H2,1-4H3,(H,31,33). The van der Waals surface area contributed by atoms with Crippen LogP contribution in [0.5, 0.6) is 5.75 Å². The molecule has 37 heavy (non-hydrogen) atoms. The lowest BCUT2D eigenvalue weighted by Crippen LogP contribution is -2.18. The Labute approximate surface area is 221 Å². The molecule has 0 bridgehead atoms. The van der Waals surface area contributed by atoms with Crippen molar-refractivity contribution >= 4 is 51.5 Å². The van der Waals surface area contributed by atoms with Gasteiger partial charge in [-0.2, -0.15) is 0 Å². The van der Waals surface area contributed by atoms with E-state index in [9.17, 15) is 9.59 Å². The van der Waals surface area contributed by atoms with Crippen LogP contribution in [0.25, 0.3) is 0 Å². The number of anilines is 1. The van der Waals surface area contributed by atoms with E-state index in [1.807, 2.05) is 43.3 Å². The van der Waals surface area contributed by atoms with E-state index >= 15 is 0 Å². The summed E-state index contributed by atoms with van der Waals surface area (Å²) in [6.45, 7) is 6.11. The number of nitrogens with zero attached hydrogens (tertiary/aromatic N) is 2. The topological polar surface area (TPSA) is 89.3 Å². The molecule has 0 aliphatic carbocycles. The highest BCUT2D eigenvalue weighted by Crippen LogP contribution is 2.36. The summed E-state index contributed by atoms with van der Waals surface area (Å²) in [6.07, 6.45) is 0.483. The number of fused-ring (bicyclic) bond motifs is 1. The Morgan fingerprint density at radius 1 is 0.973 bits per heavy atom. The molecule has 0 atom stereocenters. The van der Waals surface area contributed by atoms with Crippen LogP contribution in [0.2, 0.25) is 0 Å². The number of carbonyl (C=O) groups is 2. The highest BCUT2D eigenvalue weighted by molar-refractivity contribution is 8.14. The van der Waals surface area contributed by atoms with Gasteiger partial charge in [0.2, 0.25) is 5.91 Å². The van der Waals surface area contributed by atoms with Gasteiger partial charge in [0, 0.05) is 6.42 Å². The first-order valence-electron chi connectivity index (χ1n) is 12.0. The van der Waals surface area contributed by atoms with E-state index in [2.05, 4.69) is 12.2 Å². The summed E-state index contributed by atoms with van der Waals surface area (Å²) in [5, 5.41) is 3.62. The minimum absolute atomic E-state index is 0.131. The number of ether oxygens (including phenoxy) is 2. The van der Waals surface area contributed by atoms with Gasteiger partial charge in [-0.05, 0) is 86.0 Å². The van der Waals surface area contributed by atoms with Crippen molar-refractivity contribution in [3.05, 3.63) is 82.9 Å². The van der Waals surface area contributed by atoms with Crippen LogP contribution < -0.4 is 10.1 Å². The van der Waals surface area contributed by atoms with Gasteiger partial charge in [0.25, 0.3) is 0 Å². The maximum absolute atomic E-state index is 12.9. The third kappa shape index (κ3) is 6.46. The van der Waals surface area contributed by atoms with Crippen LogP contribution in [-0.2, 0) is 9.53 Å². The van der Waals surface area contributed by atoms with Gasteiger partial charge in [-0.15, -0.1) is 11.8 Å². The molecular weight excluding hydrogens is 486 g/mol. The zero-order chi connectivity index (χ0) is 26.4. The van der Waals surface area contributed by atoms with Crippen molar-refractivity contribution in [3.63, 3.8) is 0 Å². The normalized spacial score (nSPS) is 12.5. The first-order chi connectivity index (χ1) is 17.9. The summed E-state index contributed by atoms with van der Waals surface area (Å²) in [6, 6.07) is 18.7. The van der Waals surface area contributed by atoms with Crippen LogP contribution >= 0.6 is 11.8 Å². The molecule has 0 aromatic heterocycles. The fourth-order valence-electron chi connectivity index (χ4n) is 3.81. The minimum atomic E-state index is -0.471. The molecule has 0 unspecified atom stereocenters. The van der Waals surface area contributed by atoms with Crippen LogP contribution in [0, 0.1) is 13.8 Å². The molecule has 190 valence electrons. The van der Waals surface area contributed by atoms with E-state index in [-0.39, 0.29) is 18.3 Å². The molecule has 3 aromatic rings. The number of benzene rings is 3. The lowest BCUT2D eigenvalue weighted by molar-refractivity contribution is -0.113. The number of nitrogens with one attached hydrogen (secondary N) is 1. The third-order valence-corrected chi connectivity index (χ3v) is 6.88. The van der Waals surface area contributed by atoms with Crippen molar-refractivity contribution in [1.29, 1.82) is 0 Å². The van der Waals surface area contributed by atoms with Crippen molar-refractivity contribution in [2.24, 2.45) is 9.98 Å². The number of rotatable bonds is 7. The van der Waals surface area contributed by atoms with Gasteiger partial charge in [0.15, 0.2) is 0 Å². The van der Waals surface area contributed by atoms with Crippen molar-refractivity contribution < 1.29 is 19.1 Å². The predicted molar refractivity (Wildman–Crippen MR) is 150 cm³/mol. The second-order valence-electron chi connectivity index (χ2n) is 8.50. The molecule has 0 saturated heterocycles. The van der Waals surface area contributed by atoms with Gasteiger partial charge in [0.1, 0.15) is 5.75 Å². The van der Waals surface area contributed by atoms with E-state index in [1.54, 1.807) is 38.3 Å². The zero-order valence-corrected chi connectivity index (χ0v) is 22.1. The number of thioether (sulfide) groups is 1. The maximum atomic E-state index is 12.9. The molecule has 1 heterocycles. The van der Waals surface area contributed by atoms with Crippen LogP contribution in [0.1, 0.15) is 40.4 Å². The number of aliphatic imine (C=N–C) groups is 2. The van der Waals surface area contributed by atoms with Gasteiger partial charge < -0.3 is 14.8 Å². The Morgan fingerprint density at radius 2 is 1.65 bits per heavy atom. The van der Waals surface area contributed by atoms with Gasteiger partial charge >= 0.3 is 5.97 Å². The third-order valence-electron chi connectivity index (χ3n) is 5.90. The Morgan fingerprint density at radius 3 is 2.32 bits per heavy atom. The van der Waals surface area contributed by atoms with E-state index in [4.69, 9.17) is 19.5 Å². The Balaban J connectivity index is 1.56. The summed E-state index contributed by atoms with van der Waals surface area (Å²) in [5.74, 6) is 0.193. The molecule has 1 aliphatic rings. The number of hydrogen-bond donors (Lipinski definition) is 1. The molecule has 1 N–H and O–H groups in total. The number of para-hydroxylation sites is 1. The fraction of sp³-hybridized carbons (Fsp3) is 0.241. The lowest BCUT2D eigenvalue weighted by Gasteiger charge is -2.11. The number of methoxy groups -OCH3 is 1. The maximum Gasteiger partial charge on any atom is 0.340 e. The summed E-state index contributed by atoms with van der Waals surface area (Å²) in [7, 11) is 1.64. The van der Waals surface area contributed by atoms with Gasteiger partial charge in [0.05, 0.1) is 52.9 Å². The average Bonchev–Trinajstić information content (AvgIpc) is 3.07.